The van der Waals surface area contributed by atoms with Gasteiger partial charge in [0.15, 0.2) is 0 Å². The van der Waals surface area contributed by atoms with Gasteiger partial charge in [-0.25, -0.2) is 19.6 Å². The highest BCUT2D eigenvalue weighted by molar-refractivity contribution is 5.89. The van der Waals surface area contributed by atoms with Gasteiger partial charge in [-0.15, -0.1) is 0 Å². The lowest BCUT2D eigenvalue weighted by Crippen LogP contribution is -2.06. The molecule has 6 N–H and O–H groups in total. The molecule has 4 aromatic carbocycles. The highest BCUT2D eigenvalue weighted by Gasteiger charge is 2.11. The summed E-state index contributed by atoms with van der Waals surface area (Å²) >= 11 is 0. The van der Waals surface area contributed by atoms with Crippen LogP contribution in [0.15, 0.2) is 84.9 Å². The van der Waals surface area contributed by atoms with Gasteiger partial charge in [0.2, 0.25) is 0 Å². The highest BCUT2D eigenvalue weighted by atomic mass is 16.4. The molecule has 2 amide bonds. The Balaban J connectivity index is 1.27. The first kappa shape index (κ1) is 22.8. The smallest absolute Gasteiger partial charge is 0.409 e. The lowest BCUT2D eigenvalue weighted by molar-refractivity contribution is 0.208. The van der Waals surface area contributed by atoms with Crippen LogP contribution in [-0.2, 0) is 0 Å². The van der Waals surface area contributed by atoms with E-state index in [-0.39, 0.29) is 0 Å². The first-order chi connectivity index (χ1) is 18.4. The molecule has 0 unspecified atom stereocenters. The summed E-state index contributed by atoms with van der Waals surface area (Å²) in [7, 11) is 0. The van der Waals surface area contributed by atoms with Crippen LogP contribution in [0.25, 0.3) is 56.0 Å². The van der Waals surface area contributed by atoms with Crippen molar-refractivity contribution in [1.29, 1.82) is 0 Å². The maximum atomic E-state index is 10.8. The number of H-pyrrole nitrogens is 2. The lowest BCUT2D eigenvalue weighted by atomic mass is 10.0. The minimum Gasteiger partial charge on any atom is -0.465 e. The Hall–Kier alpha value is -5.64. The van der Waals surface area contributed by atoms with Crippen LogP contribution >= 0.6 is 0 Å². The van der Waals surface area contributed by atoms with Gasteiger partial charge in [-0.05, 0) is 83.9 Å². The normalized spacial score (nSPS) is 11.1. The molecule has 0 saturated heterocycles. The van der Waals surface area contributed by atoms with E-state index in [1.165, 1.54) is 0 Å². The number of anilines is 2. The third-order valence-corrected chi connectivity index (χ3v) is 6.12. The van der Waals surface area contributed by atoms with Crippen LogP contribution in [0.5, 0.6) is 0 Å². The molecule has 186 valence electrons. The zero-order valence-electron chi connectivity index (χ0n) is 19.7. The van der Waals surface area contributed by atoms with E-state index >= 15 is 0 Å². The van der Waals surface area contributed by atoms with Crippen LogP contribution in [0.2, 0.25) is 0 Å². The van der Waals surface area contributed by atoms with Gasteiger partial charge in [0.05, 0.1) is 22.1 Å². The number of carboxylic acid groups (broad SMARTS) is 2. The molecule has 38 heavy (non-hydrogen) atoms. The van der Waals surface area contributed by atoms with Gasteiger partial charge in [0.1, 0.15) is 11.6 Å². The number of nitrogens with zero attached hydrogens (tertiary/aromatic N) is 2. The predicted molar refractivity (Wildman–Crippen MR) is 145 cm³/mol. The van der Waals surface area contributed by atoms with Crippen molar-refractivity contribution in [2.24, 2.45) is 0 Å². The lowest BCUT2D eigenvalue weighted by Gasteiger charge is -2.01. The monoisotopic (exact) mass is 504 g/mol. The fourth-order valence-corrected chi connectivity index (χ4v) is 4.31. The fraction of sp³-hybridized carbons (Fsp3) is 0. The maximum Gasteiger partial charge on any atom is 0.409 e. The molecule has 0 aliphatic heterocycles. The molecule has 0 spiro atoms. The number of nitrogens with one attached hydrogen (secondary N) is 4. The summed E-state index contributed by atoms with van der Waals surface area (Å²) in [6, 6.07) is 26.0. The quantitative estimate of drug-likeness (QED) is 0.155. The van der Waals surface area contributed by atoms with Crippen molar-refractivity contribution in [3.8, 4) is 33.9 Å². The Morgan fingerprint density at radius 3 is 1.29 bits per heavy atom. The summed E-state index contributed by atoms with van der Waals surface area (Å²) in [5, 5.41) is 22.4. The average Bonchev–Trinajstić information content (AvgIpc) is 3.52. The summed E-state index contributed by atoms with van der Waals surface area (Å²) in [5.41, 5.74) is 8.05. The van der Waals surface area contributed by atoms with E-state index in [4.69, 9.17) is 20.2 Å². The summed E-state index contributed by atoms with van der Waals surface area (Å²) in [6.45, 7) is 0. The highest BCUT2D eigenvalue weighted by Crippen LogP contribution is 2.30. The number of imidazole rings is 2. The Morgan fingerprint density at radius 2 is 0.921 bits per heavy atom. The van der Waals surface area contributed by atoms with Crippen LogP contribution in [-0.4, -0.2) is 42.3 Å². The molecule has 0 radical (unpaired) electrons. The molecule has 0 saturated carbocycles. The van der Waals surface area contributed by atoms with E-state index in [2.05, 4.69) is 20.6 Å². The van der Waals surface area contributed by atoms with Crippen molar-refractivity contribution in [1.82, 2.24) is 19.9 Å². The van der Waals surface area contributed by atoms with Crippen molar-refractivity contribution in [3.63, 3.8) is 0 Å². The molecular formula is C28H20N6O4. The molecule has 0 atom stereocenters. The summed E-state index contributed by atoms with van der Waals surface area (Å²) < 4.78 is 0. The molecule has 0 aliphatic carbocycles. The molecule has 2 aromatic heterocycles. The molecule has 2 heterocycles. The Kier molecular flexibility index (Phi) is 5.46. The molecule has 6 aromatic rings. The van der Waals surface area contributed by atoms with Crippen LogP contribution in [0.3, 0.4) is 0 Å². The maximum absolute atomic E-state index is 10.8. The third-order valence-electron chi connectivity index (χ3n) is 6.12. The van der Waals surface area contributed by atoms with Crippen molar-refractivity contribution in [3.05, 3.63) is 84.9 Å². The molecule has 0 fully saturated rings. The first-order valence-corrected chi connectivity index (χ1v) is 11.6. The Labute approximate surface area is 215 Å². The minimum atomic E-state index is -1.11. The van der Waals surface area contributed by atoms with E-state index in [1.807, 2.05) is 60.7 Å². The van der Waals surface area contributed by atoms with Gasteiger partial charge in [0, 0.05) is 22.5 Å². The van der Waals surface area contributed by atoms with E-state index in [0.29, 0.717) is 23.0 Å². The SMILES string of the molecule is O=C(O)Nc1ccc(-c2nc3cc(-c4ccc5[nH]c(-c6ccc(NC(=O)O)cc6)nc5c4)ccc3[nH]2)cc1. The number of fused-ring (bicyclic) bond motifs is 2. The largest absolute Gasteiger partial charge is 0.465 e. The second-order valence-electron chi connectivity index (χ2n) is 8.65. The van der Waals surface area contributed by atoms with Gasteiger partial charge in [-0.1, -0.05) is 12.1 Å². The number of aromatic nitrogens is 4. The number of hydrogen-bond donors (Lipinski definition) is 6. The number of rotatable bonds is 5. The number of carbonyl (C=O) groups is 2. The topological polar surface area (TPSA) is 156 Å². The van der Waals surface area contributed by atoms with E-state index in [9.17, 15) is 9.59 Å². The molecule has 10 heteroatoms. The van der Waals surface area contributed by atoms with Gasteiger partial charge < -0.3 is 20.2 Å². The van der Waals surface area contributed by atoms with Crippen LogP contribution < -0.4 is 10.6 Å². The standard InChI is InChI=1S/C28H20N6O4/c35-27(36)29-19-7-1-15(2-8-19)25-31-21-11-5-17(13-23(21)33-25)18-6-12-22-24(14-18)34-26(32-22)16-3-9-20(10-4-16)30-28(37)38/h1-14,29-30H,(H,31,33)(H,32,34)(H,35,36)(H,37,38). The number of amides is 2. The molecule has 0 bridgehead atoms. The van der Waals surface area contributed by atoms with E-state index in [1.54, 1.807) is 24.3 Å². The third kappa shape index (κ3) is 4.49. The van der Waals surface area contributed by atoms with Crippen molar-refractivity contribution < 1.29 is 19.8 Å². The van der Waals surface area contributed by atoms with E-state index in [0.717, 1.165) is 44.3 Å². The zero-order chi connectivity index (χ0) is 26.2. The average molecular weight is 505 g/mol. The second kappa shape index (κ2) is 9.10. The number of aromatic amines is 2. The van der Waals surface area contributed by atoms with E-state index < -0.39 is 12.2 Å². The molecule has 6 rings (SSSR count). The van der Waals surface area contributed by atoms with Crippen LogP contribution in [0.1, 0.15) is 0 Å². The van der Waals surface area contributed by atoms with Crippen molar-refractivity contribution >= 4 is 45.6 Å². The van der Waals surface area contributed by atoms with Gasteiger partial charge in [-0.2, -0.15) is 0 Å². The minimum absolute atomic E-state index is 0.490. The van der Waals surface area contributed by atoms with Gasteiger partial charge in [-0.3, -0.25) is 10.6 Å². The first-order valence-electron chi connectivity index (χ1n) is 11.6. The second-order valence-corrected chi connectivity index (χ2v) is 8.65. The molecular weight excluding hydrogens is 484 g/mol. The fourth-order valence-electron chi connectivity index (χ4n) is 4.31. The van der Waals surface area contributed by atoms with Gasteiger partial charge in [0.25, 0.3) is 0 Å². The van der Waals surface area contributed by atoms with Crippen LogP contribution in [0.4, 0.5) is 21.0 Å². The molecule has 0 aliphatic rings. The van der Waals surface area contributed by atoms with Crippen molar-refractivity contribution in [2.45, 2.75) is 0 Å². The predicted octanol–water partition coefficient (Wildman–Crippen LogP) is 6.62. The van der Waals surface area contributed by atoms with Crippen LogP contribution in [0, 0.1) is 0 Å². The number of benzene rings is 4. The zero-order valence-corrected chi connectivity index (χ0v) is 19.7. The Bertz CT molecular complexity index is 1690. The summed E-state index contributed by atoms with van der Waals surface area (Å²) in [6.07, 6.45) is -2.22. The molecule has 10 nitrogen and oxygen atoms in total. The Morgan fingerprint density at radius 1 is 0.553 bits per heavy atom. The van der Waals surface area contributed by atoms with Gasteiger partial charge >= 0.3 is 12.2 Å². The summed E-state index contributed by atoms with van der Waals surface area (Å²) in [5.74, 6) is 1.38. The number of hydrogen-bond acceptors (Lipinski definition) is 4. The van der Waals surface area contributed by atoms with Crippen molar-refractivity contribution in [2.75, 3.05) is 10.6 Å². The summed E-state index contributed by atoms with van der Waals surface area (Å²) in [4.78, 5) is 37.7.